The summed E-state index contributed by atoms with van der Waals surface area (Å²) in [7, 11) is 3.96. The van der Waals surface area contributed by atoms with Crippen LogP contribution in [0, 0.1) is 0 Å². The minimum Gasteiger partial charge on any atom is -0.377 e. The highest BCUT2D eigenvalue weighted by Gasteiger charge is 2.37. The molecule has 0 fully saturated rings. The molecule has 0 aliphatic rings. The van der Waals surface area contributed by atoms with Gasteiger partial charge in [0.2, 0.25) is 0 Å². The maximum Gasteiger partial charge on any atom is 0.500 e. The van der Waals surface area contributed by atoms with E-state index in [4.69, 9.17) is 36.2 Å². The van der Waals surface area contributed by atoms with E-state index < -0.39 is 29.5 Å². The van der Waals surface area contributed by atoms with E-state index in [-0.39, 0.29) is 12.8 Å². The van der Waals surface area contributed by atoms with Crippen LogP contribution < -0.4 is 11.0 Å². The zero-order valence-corrected chi connectivity index (χ0v) is 20.7. The third-order valence-electron chi connectivity index (χ3n) is 4.29. The Hall–Kier alpha value is -0.946. The highest BCUT2D eigenvalue weighted by atomic mass is 28.4. The second-order valence-corrected chi connectivity index (χ2v) is 12.2. The Kier molecular flexibility index (Phi) is 16.2. The van der Waals surface area contributed by atoms with Gasteiger partial charge in [-0.1, -0.05) is 0 Å². The number of carbonyl (C=O) groups excluding carboxylic acids is 2. The molecular formula is C16H36N2O10Si2. The maximum absolute atomic E-state index is 11.6. The first-order chi connectivity index (χ1) is 14.4. The maximum atomic E-state index is 11.6. The zero-order valence-electron chi connectivity index (χ0n) is 18.7. The Morgan fingerprint density at radius 3 is 1.17 bits per heavy atom. The van der Waals surface area contributed by atoms with Crippen LogP contribution in [0.15, 0.2) is 0 Å². The number of carbonyl (C=O) groups is 2. The molecule has 0 aromatic rings. The molecule has 0 spiro atoms. The van der Waals surface area contributed by atoms with Crippen molar-refractivity contribution in [1.29, 1.82) is 0 Å². The lowest BCUT2D eigenvalue weighted by molar-refractivity contribution is -0.158. The van der Waals surface area contributed by atoms with E-state index in [2.05, 4.69) is 11.0 Å². The van der Waals surface area contributed by atoms with Gasteiger partial charge in [-0.15, -0.1) is 0 Å². The van der Waals surface area contributed by atoms with Gasteiger partial charge >= 0.3 is 29.5 Å². The van der Waals surface area contributed by atoms with Crippen LogP contribution in [0.2, 0.25) is 12.1 Å². The van der Waals surface area contributed by atoms with Crippen molar-refractivity contribution in [1.82, 2.24) is 11.0 Å². The molecular weight excluding hydrogens is 436 g/mol. The summed E-state index contributed by atoms with van der Waals surface area (Å²) >= 11 is 0. The van der Waals surface area contributed by atoms with Gasteiger partial charge < -0.3 is 36.2 Å². The van der Waals surface area contributed by atoms with E-state index in [0.717, 1.165) is 0 Å². The van der Waals surface area contributed by atoms with E-state index in [9.17, 15) is 9.59 Å². The van der Waals surface area contributed by atoms with E-state index in [0.29, 0.717) is 38.0 Å². The first-order valence-corrected chi connectivity index (χ1v) is 13.4. The fourth-order valence-electron chi connectivity index (χ4n) is 2.44. The predicted molar refractivity (Wildman–Crippen MR) is 110 cm³/mol. The Morgan fingerprint density at radius 1 is 0.600 bits per heavy atom. The normalized spacial score (nSPS) is 12.1. The second-order valence-electron chi connectivity index (χ2n) is 6.03. The minimum absolute atomic E-state index is 0.104. The fraction of sp³-hybridized carbons (Fsp3) is 0.875. The van der Waals surface area contributed by atoms with Crippen LogP contribution in [0.1, 0.15) is 25.7 Å². The van der Waals surface area contributed by atoms with Crippen molar-refractivity contribution in [3.05, 3.63) is 0 Å². The highest BCUT2D eigenvalue weighted by Crippen LogP contribution is 2.15. The summed E-state index contributed by atoms with van der Waals surface area (Å²) in [5.74, 6) is -1.12. The molecule has 30 heavy (non-hydrogen) atoms. The van der Waals surface area contributed by atoms with Gasteiger partial charge in [0.05, 0.1) is 12.8 Å². The zero-order chi connectivity index (χ0) is 22.9. The van der Waals surface area contributed by atoms with Crippen LogP contribution in [-0.4, -0.2) is 85.3 Å². The average molecular weight is 473 g/mol. The first-order valence-electron chi connectivity index (χ1n) is 9.52. The largest absolute Gasteiger partial charge is 0.500 e. The van der Waals surface area contributed by atoms with Crippen molar-refractivity contribution in [3.8, 4) is 0 Å². The number of hydroxylamine groups is 2. The van der Waals surface area contributed by atoms with Crippen LogP contribution in [0.4, 0.5) is 0 Å². The van der Waals surface area contributed by atoms with E-state index in [1.165, 1.54) is 42.7 Å². The van der Waals surface area contributed by atoms with Crippen LogP contribution in [-0.2, 0) is 45.8 Å². The van der Waals surface area contributed by atoms with Crippen LogP contribution in [0.25, 0.3) is 0 Å². The molecule has 0 radical (unpaired) electrons. The van der Waals surface area contributed by atoms with Gasteiger partial charge in [0.15, 0.2) is 0 Å². The first kappa shape index (κ1) is 29.1. The predicted octanol–water partition coefficient (Wildman–Crippen LogP) is 0.399. The SMILES string of the molecule is CO[Si](CCCNOC(=O)CCC(=O)ONCCC[Si](OC)(OC)OC)(OC)OC. The monoisotopic (exact) mass is 472 g/mol. The van der Waals surface area contributed by atoms with E-state index in [1.807, 2.05) is 0 Å². The molecule has 0 amide bonds. The quantitative estimate of drug-likeness (QED) is 0.153. The van der Waals surface area contributed by atoms with Gasteiger partial charge in [0.1, 0.15) is 0 Å². The molecule has 0 aliphatic heterocycles. The molecule has 178 valence electrons. The standard InChI is InChI=1S/C16H36N2O10Si2/c1-21-29(22-2,23-3)13-7-11-17-27-15(19)9-10-16(20)28-18-12-8-14-30(24-4,25-5)26-6/h17-18H,7-14H2,1-6H3. The van der Waals surface area contributed by atoms with Crippen LogP contribution in [0.5, 0.6) is 0 Å². The Bertz CT molecular complexity index is 420. The molecule has 0 heterocycles. The molecule has 2 N–H and O–H groups in total. The Labute approximate surface area is 180 Å². The topological polar surface area (TPSA) is 132 Å². The number of hydrogen-bond donors (Lipinski definition) is 2. The summed E-state index contributed by atoms with van der Waals surface area (Å²) in [6.45, 7) is 0.801. The van der Waals surface area contributed by atoms with Gasteiger partial charge in [-0.25, -0.2) is 0 Å². The summed E-state index contributed by atoms with van der Waals surface area (Å²) < 4.78 is 31.8. The second kappa shape index (κ2) is 16.7. The third-order valence-corrected chi connectivity index (χ3v) is 9.96. The third kappa shape index (κ3) is 11.4. The van der Waals surface area contributed by atoms with Crippen molar-refractivity contribution in [2.45, 2.75) is 37.8 Å². The summed E-state index contributed by atoms with van der Waals surface area (Å²) in [5, 5.41) is 0. The molecule has 0 aromatic heterocycles. The summed E-state index contributed by atoms with van der Waals surface area (Å²) in [6, 6.07) is 1.14. The number of nitrogens with one attached hydrogen (secondary N) is 2. The molecule has 0 aromatic carbocycles. The van der Waals surface area contributed by atoms with Gasteiger partial charge in [-0.05, 0) is 12.8 Å². The molecule has 0 aliphatic carbocycles. The van der Waals surface area contributed by atoms with Crippen LogP contribution in [0.3, 0.4) is 0 Å². The highest BCUT2D eigenvalue weighted by molar-refractivity contribution is 6.60. The minimum atomic E-state index is -2.63. The van der Waals surface area contributed by atoms with Crippen molar-refractivity contribution in [2.24, 2.45) is 0 Å². The van der Waals surface area contributed by atoms with Crippen molar-refractivity contribution < 1.29 is 45.8 Å². The number of hydrogen-bond acceptors (Lipinski definition) is 12. The van der Waals surface area contributed by atoms with Gasteiger partial charge in [-0.2, -0.15) is 11.0 Å². The van der Waals surface area contributed by atoms with Gasteiger partial charge in [-0.3, -0.25) is 9.59 Å². The van der Waals surface area contributed by atoms with E-state index in [1.54, 1.807) is 0 Å². The average Bonchev–Trinajstić information content (AvgIpc) is 2.78. The molecule has 0 atom stereocenters. The molecule has 0 unspecified atom stereocenters. The lowest BCUT2D eigenvalue weighted by Gasteiger charge is -2.24. The van der Waals surface area contributed by atoms with E-state index >= 15 is 0 Å². The Morgan fingerprint density at radius 2 is 0.900 bits per heavy atom. The van der Waals surface area contributed by atoms with Crippen LogP contribution >= 0.6 is 0 Å². The Balaban J connectivity index is 3.81. The molecule has 0 rings (SSSR count). The molecule has 0 bridgehead atoms. The lowest BCUT2D eigenvalue weighted by atomic mass is 10.3. The summed E-state index contributed by atoms with van der Waals surface area (Å²) in [5.41, 5.74) is 5.10. The molecule has 12 nitrogen and oxygen atoms in total. The molecule has 0 saturated heterocycles. The van der Waals surface area contributed by atoms with Gasteiger partial charge in [0, 0.05) is 67.8 Å². The van der Waals surface area contributed by atoms with Crippen molar-refractivity contribution in [3.63, 3.8) is 0 Å². The van der Waals surface area contributed by atoms with Gasteiger partial charge in [0.25, 0.3) is 0 Å². The molecule has 14 heteroatoms. The smallest absolute Gasteiger partial charge is 0.377 e. The fourth-order valence-corrected chi connectivity index (χ4v) is 5.88. The number of rotatable bonds is 19. The molecule has 0 saturated carbocycles. The summed E-state index contributed by atoms with van der Waals surface area (Å²) in [6.07, 6.45) is 1.04. The van der Waals surface area contributed by atoms with Crippen molar-refractivity contribution in [2.75, 3.05) is 55.7 Å². The van der Waals surface area contributed by atoms with Crippen molar-refractivity contribution >= 4 is 29.5 Å². The lowest BCUT2D eigenvalue weighted by Crippen LogP contribution is -2.43. The summed E-state index contributed by atoms with van der Waals surface area (Å²) in [4.78, 5) is 33.0.